The van der Waals surface area contributed by atoms with Gasteiger partial charge in [-0.25, -0.2) is 4.98 Å². The molecule has 2 aromatic rings. The number of methoxy groups -OCH3 is 1. The van der Waals surface area contributed by atoms with Crippen LogP contribution in [0.3, 0.4) is 0 Å². The van der Waals surface area contributed by atoms with Crippen LogP contribution >= 0.6 is 11.3 Å². The number of anilines is 1. The molecule has 0 amide bonds. The number of nitrogens with one attached hydrogen (secondary N) is 1. The van der Waals surface area contributed by atoms with Crippen LogP contribution in [-0.2, 0) is 12.8 Å². The lowest BCUT2D eigenvalue weighted by molar-refractivity contribution is 0.414. The second-order valence-corrected chi connectivity index (χ2v) is 4.88. The molecule has 0 saturated heterocycles. The summed E-state index contributed by atoms with van der Waals surface area (Å²) in [5.41, 5.74) is 2.46. The summed E-state index contributed by atoms with van der Waals surface area (Å²) in [7, 11) is 1.68. The summed E-state index contributed by atoms with van der Waals surface area (Å²) in [4.78, 5) is 4.47. The highest BCUT2D eigenvalue weighted by Gasteiger charge is 1.99. The third-order valence-electron chi connectivity index (χ3n) is 2.76. The van der Waals surface area contributed by atoms with E-state index in [1.54, 1.807) is 18.4 Å². The Balaban J connectivity index is 1.80. The van der Waals surface area contributed by atoms with Crippen LogP contribution in [0.15, 0.2) is 29.6 Å². The zero-order chi connectivity index (χ0) is 12.8. The molecule has 0 spiro atoms. The number of aromatic nitrogens is 1. The molecule has 0 aliphatic heterocycles. The van der Waals surface area contributed by atoms with Crippen molar-refractivity contribution in [3.63, 3.8) is 0 Å². The summed E-state index contributed by atoms with van der Waals surface area (Å²) in [5.74, 6) is 0.902. The third kappa shape index (κ3) is 3.47. The van der Waals surface area contributed by atoms with E-state index in [-0.39, 0.29) is 0 Å². The Morgan fingerprint density at radius 3 is 2.67 bits per heavy atom. The summed E-state index contributed by atoms with van der Waals surface area (Å²) >= 11 is 1.67. The maximum atomic E-state index is 5.13. The van der Waals surface area contributed by atoms with Gasteiger partial charge in [-0.1, -0.05) is 19.1 Å². The molecule has 1 aromatic heterocycles. The summed E-state index contributed by atoms with van der Waals surface area (Å²) in [5, 5.41) is 6.47. The quantitative estimate of drug-likeness (QED) is 0.866. The van der Waals surface area contributed by atoms with Gasteiger partial charge in [0.15, 0.2) is 5.13 Å². The molecule has 0 bridgehead atoms. The topological polar surface area (TPSA) is 34.1 Å². The lowest BCUT2D eigenvalue weighted by atomic mass is 10.1. The van der Waals surface area contributed by atoms with Crippen LogP contribution in [0.4, 0.5) is 5.13 Å². The fourth-order valence-corrected chi connectivity index (χ4v) is 2.48. The standard InChI is InChI=1S/C14H18N2OS/c1-3-12-10-18-14(16-12)15-9-8-11-4-6-13(17-2)7-5-11/h4-7,10H,3,8-9H2,1-2H3,(H,15,16). The minimum absolute atomic E-state index is 0.902. The zero-order valence-corrected chi connectivity index (χ0v) is 11.6. The van der Waals surface area contributed by atoms with E-state index in [2.05, 4.69) is 34.7 Å². The maximum Gasteiger partial charge on any atom is 0.182 e. The molecule has 1 aromatic carbocycles. The first kappa shape index (κ1) is 12.9. The molecule has 3 nitrogen and oxygen atoms in total. The van der Waals surface area contributed by atoms with Crippen molar-refractivity contribution in [3.05, 3.63) is 40.9 Å². The fourth-order valence-electron chi connectivity index (χ4n) is 1.66. The van der Waals surface area contributed by atoms with Gasteiger partial charge in [-0.2, -0.15) is 0 Å². The van der Waals surface area contributed by atoms with E-state index < -0.39 is 0 Å². The molecule has 0 fully saturated rings. The normalized spacial score (nSPS) is 10.3. The van der Waals surface area contributed by atoms with Crippen LogP contribution in [0.1, 0.15) is 18.2 Å². The minimum Gasteiger partial charge on any atom is -0.497 e. The first-order valence-electron chi connectivity index (χ1n) is 6.13. The molecule has 0 unspecified atom stereocenters. The fraction of sp³-hybridized carbons (Fsp3) is 0.357. The van der Waals surface area contributed by atoms with Gasteiger partial charge in [0.2, 0.25) is 0 Å². The molecule has 0 radical (unpaired) electrons. The van der Waals surface area contributed by atoms with Crippen molar-refractivity contribution in [1.29, 1.82) is 0 Å². The summed E-state index contributed by atoms with van der Waals surface area (Å²) in [6, 6.07) is 8.18. The number of aryl methyl sites for hydroxylation is 1. The molecule has 0 atom stereocenters. The summed E-state index contributed by atoms with van der Waals surface area (Å²) < 4.78 is 5.13. The molecule has 0 aliphatic carbocycles. The molecule has 18 heavy (non-hydrogen) atoms. The van der Waals surface area contributed by atoms with Crippen molar-refractivity contribution in [2.24, 2.45) is 0 Å². The lowest BCUT2D eigenvalue weighted by Crippen LogP contribution is -2.04. The molecule has 1 heterocycles. The summed E-state index contributed by atoms with van der Waals surface area (Å²) in [6.07, 6.45) is 1.99. The Morgan fingerprint density at radius 1 is 1.28 bits per heavy atom. The zero-order valence-electron chi connectivity index (χ0n) is 10.8. The Labute approximate surface area is 112 Å². The second kappa shape index (κ2) is 6.40. The SMILES string of the molecule is CCc1csc(NCCc2ccc(OC)cc2)n1. The highest BCUT2D eigenvalue weighted by molar-refractivity contribution is 7.13. The van der Waals surface area contributed by atoms with Crippen LogP contribution in [-0.4, -0.2) is 18.6 Å². The van der Waals surface area contributed by atoms with Crippen molar-refractivity contribution in [3.8, 4) is 5.75 Å². The van der Waals surface area contributed by atoms with E-state index in [9.17, 15) is 0 Å². The lowest BCUT2D eigenvalue weighted by Gasteiger charge is -2.04. The number of benzene rings is 1. The van der Waals surface area contributed by atoms with E-state index in [1.165, 1.54) is 5.56 Å². The van der Waals surface area contributed by atoms with Crippen LogP contribution in [0.2, 0.25) is 0 Å². The molecule has 2 rings (SSSR count). The van der Waals surface area contributed by atoms with Crippen LogP contribution in [0, 0.1) is 0 Å². The second-order valence-electron chi connectivity index (χ2n) is 4.02. The molecular weight excluding hydrogens is 244 g/mol. The van der Waals surface area contributed by atoms with Gasteiger partial charge in [-0.05, 0) is 30.5 Å². The Kier molecular flexibility index (Phi) is 4.59. The number of thiazole rings is 1. The van der Waals surface area contributed by atoms with Crippen molar-refractivity contribution < 1.29 is 4.74 Å². The highest BCUT2D eigenvalue weighted by atomic mass is 32.1. The number of rotatable bonds is 6. The average molecular weight is 262 g/mol. The Bertz CT molecular complexity index is 479. The first-order valence-corrected chi connectivity index (χ1v) is 7.01. The predicted octanol–water partition coefficient (Wildman–Crippen LogP) is 3.37. The van der Waals surface area contributed by atoms with E-state index >= 15 is 0 Å². The van der Waals surface area contributed by atoms with Gasteiger partial charge >= 0.3 is 0 Å². The van der Waals surface area contributed by atoms with Gasteiger partial charge in [-0.15, -0.1) is 11.3 Å². The van der Waals surface area contributed by atoms with Crippen LogP contribution in [0.25, 0.3) is 0 Å². The van der Waals surface area contributed by atoms with Gasteiger partial charge in [0, 0.05) is 11.9 Å². The van der Waals surface area contributed by atoms with Gasteiger partial charge in [0.1, 0.15) is 5.75 Å². The molecular formula is C14H18N2OS. The Morgan fingerprint density at radius 2 is 2.06 bits per heavy atom. The number of nitrogens with zero attached hydrogens (tertiary/aromatic N) is 1. The first-order chi connectivity index (χ1) is 8.81. The van der Waals surface area contributed by atoms with Gasteiger partial charge in [0.05, 0.1) is 12.8 Å². The minimum atomic E-state index is 0.902. The summed E-state index contributed by atoms with van der Waals surface area (Å²) in [6.45, 7) is 3.03. The van der Waals surface area contributed by atoms with E-state index in [0.717, 1.165) is 36.0 Å². The van der Waals surface area contributed by atoms with Gasteiger partial charge in [0.25, 0.3) is 0 Å². The largest absolute Gasteiger partial charge is 0.497 e. The van der Waals surface area contributed by atoms with E-state index in [4.69, 9.17) is 4.74 Å². The van der Waals surface area contributed by atoms with Crippen molar-refractivity contribution in [2.45, 2.75) is 19.8 Å². The van der Waals surface area contributed by atoms with Gasteiger partial charge in [-0.3, -0.25) is 0 Å². The molecule has 0 saturated carbocycles. The number of hydrogen-bond donors (Lipinski definition) is 1. The highest BCUT2D eigenvalue weighted by Crippen LogP contribution is 2.16. The molecule has 96 valence electrons. The molecule has 0 aliphatic rings. The molecule has 4 heteroatoms. The predicted molar refractivity (Wildman–Crippen MR) is 76.7 cm³/mol. The molecule has 1 N–H and O–H groups in total. The van der Waals surface area contributed by atoms with Crippen LogP contribution in [0.5, 0.6) is 5.75 Å². The van der Waals surface area contributed by atoms with Crippen molar-refractivity contribution in [2.75, 3.05) is 19.0 Å². The van der Waals surface area contributed by atoms with E-state index in [0.29, 0.717) is 0 Å². The number of ether oxygens (including phenoxy) is 1. The Hall–Kier alpha value is -1.55. The van der Waals surface area contributed by atoms with Crippen molar-refractivity contribution >= 4 is 16.5 Å². The third-order valence-corrected chi connectivity index (χ3v) is 3.61. The van der Waals surface area contributed by atoms with Crippen LogP contribution < -0.4 is 10.1 Å². The smallest absolute Gasteiger partial charge is 0.182 e. The van der Waals surface area contributed by atoms with E-state index in [1.807, 2.05) is 12.1 Å². The van der Waals surface area contributed by atoms with Gasteiger partial charge < -0.3 is 10.1 Å². The average Bonchev–Trinajstić information content (AvgIpc) is 2.87. The monoisotopic (exact) mass is 262 g/mol. The maximum absolute atomic E-state index is 5.13. The number of hydrogen-bond acceptors (Lipinski definition) is 4. The van der Waals surface area contributed by atoms with Crippen molar-refractivity contribution in [1.82, 2.24) is 4.98 Å².